The monoisotopic (exact) mass is 636 g/mol. The summed E-state index contributed by atoms with van der Waals surface area (Å²) in [7, 11) is 0. The zero-order valence-electron chi connectivity index (χ0n) is 26.2. The fourth-order valence-electron chi connectivity index (χ4n) is 4.24. The quantitative estimate of drug-likeness (QED) is 0.0862. The van der Waals surface area contributed by atoms with Crippen molar-refractivity contribution >= 4 is 23.5 Å². The van der Waals surface area contributed by atoms with Crippen LogP contribution in [0.15, 0.2) is 83.5 Å². The summed E-state index contributed by atoms with van der Waals surface area (Å²) in [6, 6.07) is 0. The van der Waals surface area contributed by atoms with Crippen molar-refractivity contribution < 1.29 is 45.0 Å². The molecule has 0 aromatic carbocycles. The topological polar surface area (TPSA) is 165 Å². The van der Waals surface area contributed by atoms with E-state index in [0.717, 1.165) is 5.57 Å². The molecule has 0 aromatic rings. The van der Waals surface area contributed by atoms with Gasteiger partial charge in [0.05, 0.1) is 30.3 Å². The average Bonchev–Trinajstić information content (AvgIpc) is 2.94. The van der Waals surface area contributed by atoms with Crippen molar-refractivity contribution in [2.45, 2.75) is 96.9 Å². The Hall–Kier alpha value is -2.79. The molecule has 0 bridgehead atoms. The molecule has 1 aliphatic rings. The number of carbonyl (C=O) groups excluding carboxylic acids is 1. The van der Waals surface area contributed by atoms with E-state index in [9.17, 15) is 35.1 Å². The summed E-state index contributed by atoms with van der Waals surface area (Å²) >= 11 is 6.31. The molecule has 6 N–H and O–H groups in total. The third-order valence-electron chi connectivity index (χ3n) is 7.02. The standard InChI is InChI=1S/C34H49ClO9/c1-22(13-7-9-16-30(39)44-29-20-24(33(42)43)17-18-27(29)37)12-6-8-15-26(35)23(2)31(40)32(41)28(38)21-25(36)14-10-11-19-34(3,4)5/h6-16,19,23-25,27-29,31-32,36-38,40-41H,17-18,20-21H2,1-5H3,(H,42,43)/b8-6+,13-7+,14-10+,16-9+,19-11+,22-12+,26-15-. The molecule has 44 heavy (non-hydrogen) atoms. The van der Waals surface area contributed by atoms with Gasteiger partial charge in [0, 0.05) is 29.9 Å². The Kier molecular flexibility index (Phi) is 17.4. The number of hydrogen-bond acceptors (Lipinski definition) is 8. The van der Waals surface area contributed by atoms with Gasteiger partial charge in [-0.1, -0.05) is 106 Å². The molecular formula is C34H49ClO9. The van der Waals surface area contributed by atoms with Gasteiger partial charge in [0.1, 0.15) is 12.2 Å². The highest BCUT2D eigenvalue weighted by molar-refractivity contribution is 6.30. The van der Waals surface area contributed by atoms with Gasteiger partial charge in [-0.25, -0.2) is 4.79 Å². The molecule has 246 valence electrons. The van der Waals surface area contributed by atoms with Crippen molar-refractivity contribution in [3.8, 4) is 0 Å². The van der Waals surface area contributed by atoms with Crippen LogP contribution in [0.25, 0.3) is 0 Å². The third-order valence-corrected chi connectivity index (χ3v) is 7.49. The van der Waals surface area contributed by atoms with E-state index in [1.54, 1.807) is 55.5 Å². The van der Waals surface area contributed by atoms with E-state index in [2.05, 4.69) is 0 Å². The summed E-state index contributed by atoms with van der Waals surface area (Å²) < 4.78 is 5.22. The molecule has 8 atom stereocenters. The second-order valence-electron chi connectivity index (χ2n) is 12.2. The number of carbonyl (C=O) groups is 2. The lowest BCUT2D eigenvalue weighted by Crippen LogP contribution is -2.42. The van der Waals surface area contributed by atoms with Crippen LogP contribution in [0.4, 0.5) is 0 Å². The molecule has 10 heteroatoms. The highest BCUT2D eigenvalue weighted by atomic mass is 35.5. The first-order valence-electron chi connectivity index (χ1n) is 14.8. The lowest BCUT2D eigenvalue weighted by Gasteiger charge is -2.30. The maximum absolute atomic E-state index is 12.0. The first kappa shape index (κ1) is 39.2. The van der Waals surface area contributed by atoms with Crippen LogP contribution in [0.2, 0.25) is 0 Å². The molecule has 0 radical (unpaired) electrons. The van der Waals surface area contributed by atoms with Gasteiger partial charge in [-0.05, 0) is 31.3 Å². The summed E-state index contributed by atoms with van der Waals surface area (Å²) in [4.78, 5) is 23.2. The number of allylic oxidation sites excluding steroid dienone is 11. The maximum Gasteiger partial charge on any atom is 0.331 e. The highest BCUT2D eigenvalue weighted by Gasteiger charge is 2.35. The molecule has 0 heterocycles. The van der Waals surface area contributed by atoms with E-state index in [1.807, 2.05) is 33.8 Å². The minimum Gasteiger partial charge on any atom is -0.481 e. The number of esters is 1. The fourth-order valence-corrected chi connectivity index (χ4v) is 4.45. The predicted octanol–water partition coefficient (Wildman–Crippen LogP) is 4.51. The SMILES string of the molecule is CC(/C=C/C=C/C(=O)OC1CC(C(=O)O)CCC1O)=C\C=C\C=C(/Cl)C(C)C(O)C(O)C(O)CC(O)/C=C/C=C/C(C)(C)C. The molecule has 0 amide bonds. The van der Waals surface area contributed by atoms with Crippen molar-refractivity contribution in [2.24, 2.45) is 17.3 Å². The molecule has 9 nitrogen and oxygen atoms in total. The predicted molar refractivity (Wildman–Crippen MR) is 172 cm³/mol. The van der Waals surface area contributed by atoms with Crippen molar-refractivity contribution in [1.82, 2.24) is 0 Å². The number of hydrogen-bond donors (Lipinski definition) is 6. The van der Waals surface area contributed by atoms with Gasteiger partial charge in [0.15, 0.2) is 0 Å². The van der Waals surface area contributed by atoms with Crippen molar-refractivity contribution in [2.75, 3.05) is 0 Å². The molecule has 0 saturated heterocycles. The maximum atomic E-state index is 12.0. The van der Waals surface area contributed by atoms with Crippen LogP contribution in [0, 0.1) is 17.3 Å². The number of ether oxygens (including phenoxy) is 1. The minimum atomic E-state index is -1.52. The molecule has 1 fully saturated rings. The summed E-state index contributed by atoms with van der Waals surface area (Å²) in [6.45, 7) is 9.57. The van der Waals surface area contributed by atoms with E-state index < -0.39 is 60.4 Å². The van der Waals surface area contributed by atoms with Gasteiger partial charge in [0.2, 0.25) is 0 Å². The van der Waals surface area contributed by atoms with Crippen molar-refractivity contribution in [3.05, 3.63) is 83.5 Å². The Bertz CT molecular complexity index is 1130. The van der Waals surface area contributed by atoms with Crippen LogP contribution in [-0.4, -0.2) is 79.2 Å². The summed E-state index contributed by atoms with van der Waals surface area (Å²) in [5.41, 5.74) is 0.833. The molecule has 8 unspecified atom stereocenters. The summed E-state index contributed by atoms with van der Waals surface area (Å²) in [5, 5.41) is 60.8. The minimum absolute atomic E-state index is 0.00359. The molecule has 1 aliphatic carbocycles. The Balaban J connectivity index is 2.57. The van der Waals surface area contributed by atoms with E-state index in [-0.39, 0.29) is 29.7 Å². The normalized spacial score (nSPS) is 24.4. The van der Waals surface area contributed by atoms with Gasteiger partial charge in [-0.15, -0.1) is 0 Å². The van der Waals surface area contributed by atoms with Crippen LogP contribution in [0.3, 0.4) is 0 Å². The van der Waals surface area contributed by atoms with Gasteiger partial charge in [-0.3, -0.25) is 4.79 Å². The van der Waals surface area contributed by atoms with E-state index >= 15 is 0 Å². The lowest BCUT2D eigenvalue weighted by molar-refractivity contribution is -0.159. The van der Waals surface area contributed by atoms with E-state index in [4.69, 9.17) is 21.4 Å². The number of halogens is 1. The number of carboxylic acids is 1. The molecule has 1 rings (SSSR count). The Morgan fingerprint density at radius 3 is 2.20 bits per heavy atom. The van der Waals surface area contributed by atoms with Crippen LogP contribution in [-0.2, 0) is 14.3 Å². The molecule has 1 saturated carbocycles. The number of aliphatic carboxylic acids is 1. The first-order valence-corrected chi connectivity index (χ1v) is 15.1. The van der Waals surface area contributed by atoms with E-state index in [1.165, 1.54) is 18.2 Å². The average molecular weight is 637 g/mol. The number of aliphatic hydroxyl groups excluding tert-OH is 5. The summed E-state index contributed by atoms with van der Waals surface area (Å²) in [6.07, 6.45) is 13.2. The Labute approximate surface area is 265 Å². The van der Waals surface area contributed by atoms with Gasteiger partial charge in [-0.2, -0.15) is 0 Å². The molecule has 0 aromatic heterocycles. The molecule has 0 aliphatic heterocycles. The second kappa shape index (κ2) is 19.6. The lowest BCUT2D eigenvalue weighted by atomic mass is 9.85. The van der Waals surface area contributed by atoms with Crippen LogP contribution in [0.5, 0.6) is 0 Å². The first-order chi connectivity index (χ1) is 20.5. The zero-order chi connectivity index (χ0) is 33.4. The van der Waals surface area contributed by atoms with Gasteiger partial charge >= 0.3 is 11.9 Å². The number of aliphatic hydroxyl groups is 5. The zero-order valence-corrected chi connectivity index (χ0v) is 26.9. The van der Waals surface area contributed by atoms with Crippen molar-refractivity contribution in [1.29, 1.82) is 0 Å². The van der Waals surface area contributed by atoms with Crippen LogP contribution < -0.4 is 0 Å². The van der Waals surface area contributed by atoms with Crippen LogP contribution in [0.1, 0.15) is 60.3 Å². The Morgan fingerprint density at radius 2 is 1.57 bits per heavy atom. The van der Waals surface area contributed by atoms with Gasteiger partial charge < -0.3 is 35.4 Å². The van der Waals surface area contributed by atoms with Crippen LogP contribution >= 0.6 is 11.6 Å². The highest BCUT2D eigenvalue weighted by Crippen LogP contribution is 2.27. The third kappa shape index (κ3) is 15.8. The molecule has 0 spiro atoms. The largest absolute Gasteiger partial charge is 0.481 e. The number of carboxylic acid groups (broad SMARTS) is 1. The second-order valence-corrected chi connectivity index (χ2v) is 12.6. The Morgan fingerprint density at radius 1 is 0.932 bits per heavy atom. The fraction of sp³-hybridized carbons (Fsp3) is 0.529. The number of rotatable bonds is 15. The molecular weight excluding hydrogens is 588 g/mol. The summed E-state index contributed by atoms with van der Waals surface area (Å²) in [5.74, 6) is -2.96. The van der Waals surface area contributed by atoms with E-state index in [0.29, 0.717) is 6.42 Å². The van der Waals surface area contributed by atoms with Gasteiger partial charge in [0.25, 0.3) is 0 Å². The van der Waals surface area contributed by atoms with Crippen molar-refractivity contribution in [3.63, 3.8) is 0 Å². The smallest absolute Gasteiger partial charge is 0.331 e.